The Hall–Kier alpha value is -1.32. The van der Waals surface area contributed by atoms with E-state index >= 15 is 0 Å². The van der Waals surface area contributed by atoms with Crippen LogP contribution in [-0.4, -0.2) is 16.2 Å². The van der Waals surface area contributed by atoms with Gasteiger partial charge in [-0.2, -0.15) is 0 Å². The van der Waals surface area contributed by atoms with Crippen molar-refractivity contribution in [2.45, 2.75) is 39.0 Å². The molecule has 0 saturated heterocycles. The topological polar surface area (TPSA) is 63.3 Å². The average Bonchev–Trinajstić information content (AvgIpc) is 2.70. The number of aromatic carboxylic acids is 1. The third-order valence-corrected chi connectivity index (χ3v) is 3.12. The summed E-state index contributed by atoms with van der Waals surface area (Å²) >= 11 is 0. The Morgan fingerprint density at radius 3 is 2.87 bits per heavy atom. The maximum atomic E-state index is 10.6. The zero-order valence-electron chi connectivity index (χ0n) is 8.99. The lowest BCUT2D eigenvalue weighted by atomic mass is 9.90. The normalized spacial score (nSPS) is 24.3. The van der Waals surface area contributed by atoms with E-state index in [1.165, 1.54) is 0 Å². The predicted octanol–water partition coefficient (Wildman–Crippen LogP) is 2.67. The van der Waals surface area contributed by atoms with Crippen molar-refractivity contribution in [1.82, 2.24) is 5.16 Å². The summed E-state index contributed by atoms with van der Waals surface area (Å²) in [6, 6.07) is 1.55. The van der Waals surface area contributed by atoms with Crippen LogP contribution in [0, 0.1) is 5.41 Å². The lowest BCUT2D eigenvalue weighted by molar-refractivity contribution is 0.0685. The molecule has 15 heavy (non-hydrogen) atoms. The number of aromatic nitrogens is 1. The van der Waals surface area contributed by atoms with Crippen LogP contribution < -0.4 is 0 Å². The summed E-state index contributed by atoms with van der Waals surface area (Å²) in [5, 5.41) is 12.3. The molecule has 2 rings (SSSR count). The van der Waals surface area contributed by atoms with Gasteiger partial charge in [0.25, 0.3) is 0 Å². The first-order chi connectivity index (χ1) is 6.98. The fraction of sp³-hybridized carbons (Fsp3) is 0.636. The van der Waals surface area contributed by atoms with Gasteiger partial charge in [0.2, 0.25) is 0 Å². The number of hydrogen-bond donors (Lipinski definition) is 1. The molecule has 1 aromatic rings. The van der Waals surface area contributed by atoms with E-state index in [4.69, 9.17) is 9.63 Å². The molecule has 1 N–H and O–H groups in total. The molecule has 0 radical (unpaired) electrons. The van der Waals surface area contributed by atoms with Crippen molar-refractivity contribution in [2.24, 2.45) is 5.41 Å². The molecule has 4 heteroatoms. The fourth-order valence-electron chi connectivity index (χ4n) is 2.26. The van der Waals surface area contributed by atoms with E-state index < -0.39 is 5.97 Å². The minimum absolute atomic E-state index is 0.00899. The third-order valence-electron chi connectivity index (χ3n) is 3.12. The highest BCUT2D eigenvalue weighted by Gasteiger charge is 2.34. The molecule has 1 fully saturated rings. The van der Waals surface area contributed by atoms with E-state index in [2.05, 4.69) is 19.0 Å². The zero-order valence-corrected chi connectivity index (χ0v) is 8.99. The molecule has 0 bridgehead atoms. The van der Waals surface area contributed by atoms with E-state index in [0.717, 1.165) is 25.0 Å². The molecule has 1 unspecified atom stereocenters. The second-order valence-corrected chi connectivity index (χ2v) is 5.02. The lowest BCUT2D eigenvalue weighted by Crippen LogP contribution is -2.04. The largest absolute Gasteiger partial charge is 0.476 e. The quantitative estimate of drug-likeness (QED) is 0.813. The molecule has 1 aliphatic carbocycles. The summed E-state index contributed by atoms with van der Waals surface area (Å²) in [5.41, 5.74) is 0.343. The molecular formula is C11H15NO3. The Morgan fingerprint density at radius 2 is 2.40 bits per heavy atom. The van der Waals surface area contributed by atoms with Crippen LogP contribution in [0.4, 0.5) is 0 Å². The van der Waals surface area contributed by atoms with Gasteiger partial charge in [-0.25, -0.2) is 4.79 Å². The molecule has 82 valence electrons. The summed E-state index contributed by atoms with van der Waals surface area (Å²) in [6.07, 6.45) is 3.25. The highest BCUT2D eigenvalue weighted by Crippen LogP contribution is 2.45. The molecule has 0 amide bonds. The SMILES string of the molecule is CC1(C)CCC(c2cc(C(=O)O)no2)C1. The second kappa shape index (κ2) is 3.36. The van der Waals surface area contributed by atoms with E-state index in [0.29, 0.717) is 11.3 Å². The standard InChI is InChI=1S/C11H15NO3/c1-11(2)4-3-7(6-11)9-5-8(10(13)14)12-15-9/h5,7H,3-4,6H2,1-2H3,(H,13,14). The van der Waals surface area contributed by atoms with Crippen LogP contribution in [0.2, 0.25) is 0 Å². The minimum atomic E-state index is -1.03. The number of carboxylic acids is 1. The van der Waals surface area contributed by atoms with Crippen molar-refractivity contribution >= 4 is 5.97 Å². The third kappa shape index (κ3) is 2.03. The van der Waals surface area contributed by atoms with Crippen LogP contribution in [0.3, 0.4) is 0 Å². The van der Waals surface area contributed by atoms with E-state index in [1.54, 1.807) is 6.07 Å². The number of nitrogens with zero attached hydrogens (tertiary/aromatic N) is 1. The van der Waals surface area contributed by atoms with Crippen LogP contribution >= 0.6 is 0 Å². The number of carboxylic acid groups (broad SMARTS) is 1. The number of carbonyl (C=O) groups is 1. The van der Waals surface area contributed by atoms with Gasteiger partial charge in [0, 0.05) is 12.0 Å². The predicted molar refractivity (Wildman–Crippen MR) is 53.8 cm³/mol. The number of hydrogen-bond acceptors (Lipinski definition) is 3. The maximum absolute atomic E-state index is 10.6. The van der Waals surface area contributed by atoms with Crippen molar-refractivity contribution in [2.75, 3.05) is 0 Å². The van der Waals surface area contributed by atoms with Gasteiger partial charge in [0.15, 0.2) is 5.69 Å². The fourth-order valence-corrected chi connectivity index (χ4v) is 2.26. The van der Waals surface area contributed by atoms with Crippen molar-refractivity contribution in [3.63, 3.8) is 0 Å². The maximum Gasteiger partial charge on any atom is 0.358 e. The molecular weight excluding hydrogens is 194 g/mol. The molecule has 1 atom stereocenters. The average molecular weight is 209 g/mol. The summed E-state index contributed by atoms with van der Waals surface area (Å²) in [4.78, 5) is 10.6. The Morgan fingerprint density at radius 1 is 1.67 bits per heavy atom. The van der Waals surface area contributed by atoms with Crippen LogP contribution in [0.15, 0.2) is 10.6 Å². The first kappa shape index (κ1) is 10.2. The van der Waals surface area contributed by atoms with Crippen molar-refractivity contribution in [3.05, 3.63) is 17.5 Å². The van der Waals surface area contributed by atoms with E-state index in [1.807, 2.05) is 0 Å². The van der Waals surface area contributed by atoms with Crippen molar-refractivity contribution in [1.29, 1.82) is 0 Å². The molecule has 0 aliphatic heterocycles. The summed E-state index contributed by atoms with van der Waals surface area (Å²) in [6.45, 7) is 4.45. The molecule has 0 aromatic carbocycles. The van der Waals surface area contributed by atoms with Gasteiger partial charge in [-0.3, -0.25) is 0 Å². The van der Waals surface area contributed by atoms with Crippen LogP contribution in [-0.2, 0) is 0 Å². The van der Waals surface area contributed by atoms with Gasteiger partial charge in [0.1, 0.15) is 5.76 Å². The smallest absolute Gasteiger partial charge is 0.358 e. The lowest BCUT2D eigenvalue weighted by Gasteiger charge is -2.15. The molecule has 1 heterocycles. The molecule has 4 nitrogen and oxygen atoms in total. The highest BCUT2D eigenvalue weighted by atomic mass is 16.5. The Balaban J connectivity index is 2.14. The van der Waals surface area contributed by atoms with Gasteiger partial charge < -0.3 is 9.63 Å². The second-order valence-electron chi connectivity index (χ2n) is 5.02. The number of rotatable bonds is 2. The Bertz CT molecular complexity index is 381. The highest BCUT2D eigenvalue weighted by molar-refractivity contribution is 5.85. The Kier molecular flexibility index (Phi) is 2.29. The zero-order chi connectivity index (χ0) is 11.1. The summed E-state index contributed by atoms with van der Waals surface area (Å²) in [5.74, 6) is 0.0285. The van der Waals surface area contributed by atoms with Gasteiger partial charge in [-0.05, 0) is 24.7 Å². The monoisotopic (exact) mass is 209 g/mol. The van der Waals surface area contributed by atoms with Gasteiger partial charge in [-0.15, -0.1) is 0 Å². The van der Waals surface area contributed by atoms with Crippen molar-refractivity contribution in [3.8, 4) is 0 Å². The van der Waals surface area contributed by atoms with Gasteiger partial charge >= 0.3 is 5.97 Å². The molecule has 1 saturated carbocycles. The molecule has 1 aliphatic rings. The first-order valence-electron chi connectivity index (χ1n) is 5.18. The first-order valence-corrected chi connectivity index (χ1v) is 5.18. The van der Waals surface area contributed by atoms with E-state index in [9.17, 15) is 4.79 Å². The van der Waals surface area contributed by atoms with Crippen LogP contribution in [0.25, 0.3) is 0 Å². The minimum Gasteiger partial charge on any atom is -0.476 e. The van der Waals surface area contributed by atoms with Gasteiger partial charge in [-0.1, -0.05) is 19.0 Å². The van der Waals surface area contributed by atoms with Gasteiger partial charge in [0.05, 0.1) is 0 Å². The molecule has 1 aromatic heterocycles. The Labute approximate surface area is 88.3 Å². The summed E-state index contributed by atoms with van der Waals surface area (Å²) in [7, 11) is 0. The van der Waals surface area contributed by atoms with Crippen LogP contribution in [0.1, 0.15) is 55.3 Å². The summed E-state index contributed by atoms with van der Waals surface area (Å²) < 4.78 is 5.07. The van der Waals surface area contributed by atoms with Crippen molar-refractivity contribution < 1.29 is 14.4 Å². The van der Waals surface area contributed by atoms with Crippen LogP contribution in [0.5, 0.6) is 0 Å². The molecule has 0 spiro atoms. The van der Waals surface area contributed by atoms with E-state index in [-0.39, 0.29) is 5.69 Å².